The molecule has 0 amide bonds. The second-order valence-corrected chi connectivity index (χ2v) is 5.44. The number of hydrogen-bond donors (Lipinski definition) is 2. The molecule has 0 aliphatic rings. The SMILES string of the molecule is C.C.Nn1[n-]c(=O)c2ccccc2c1=O.O=c1[nH]n([N+](=O)[O-])c(=O)c2ccccc12.[Na+].[Na+].[OH-]. The summed E-state index contributed by atoms with van der Waals surface area (Å²) in [7, 11) is 0. The van der Waals surface area contributed by atoms with E-state index < -0.39 is 27.3 Å². The molecule has 4 N–H and O–H groups in total. The standard InChI is InChI=1S/C8H5N3O4.C8H7N3O2.2CH4.2Na.H2O/c12-7-5-3-1-2-4-6(5)8(13)10(9-7)11(14)15;9-11-8(13)6-4-2-1-3-5(6)7(12)10-11;;;;;/h1-4H,(H,9,12);1-4H,9H2,(H,10,12);2*1H4;;;1H2/q;;;;2*+1;/p-2. The molecular formula is C18H20N6Na2O7. The summed E-state index contributed by atoms with van der Waals surface area (Å²) in [6, 6.07) is 12.3. The quantitative estimate of drug-likeness (QED) is 0.115. The van der Waals surface area contributed by atoms with Crippen LogP contribution in [0.2, 0.25) is 0 Å². The molecule has 0 atom stereocenters. The minimum absolute atomic E-state index is 0. The van der Waals surface area contributed by atoms with Gasteiger partial charge in [0.15, 0.2) is 5.56 Å². The van der Waals surface area contributed by atoms with Crippen molar-refractivity contribution in [1.29, 1.82) is 0 Å². The molecule has 4 rings (SSSR count). The molecule has 15 heteroatoms. The Labute approximate surface area is 230 Å². The summed E-state index contributed by atoms with van der Waals surface area (Å²) in [6.07, 6.45) is 0. The molecule has 2 aromatic carbocycles. The molecular weight excluding hydrogens is 458 g/mol. The van der Waals surface area contributed by atoms with Gasteiger partial charge in [-0.1, -0.05) is 45.2 Å². The Morgan fingerprint density at radius 1 is 0.818 bits per heavy atom. The van der Waals surface area contributed by atoms with Crippen LogP contribution < -0.4 is 92.3 Å². The first kappa shape index (κ1) is 35.1. The normalized spacial score (nSPS) is 8.85. The number of nitrogens with zero attached hydrogens (tertiary/aromatic N) is 4. The number of hydrogen-bond acceptors (Lipinski definition) is 8. The van der Waals surface area contributed by atoms with Crippen LogP contribution in [-0.4, -0.2) is 25.2 Å². The predicted molar refractivity (Wildman–Crippen MR) is 115 cm³/mol. The molecule has 0 aliphatic carbocycles. The summed E-state index contributed by atoms with van der Waals surface area (Å²) in [6.45, 7) is 0. The predicted octanol–water partition coefficient (Wildman–Crippen LogP) is -6.13. The summed E-state index contributed by atoms with van der Waals surface area (Å²) in [5, 5.41) is 15.4. The average molecular weight is 478 g/mol. The number of nitrogens with two attached hydrogens (primary N) is 1. The molecule has 0 saturated heterocycles. The molecule has 33 heavy (non-hydrogen) atoms. The van der Waals surface area contributed by atoms with Gasteiger partial charge in [0.2, 0.25) is 0 Å². The molecule has 0 aliphatic heterocycles. The Hall–Kier alpha value is -2.52. The zero-order valence-electron chi connectivity index (χ0n) is 16.4. The summed E-state index contributed by atoms with van der Waals surface area (Å²) < 4.78 is 0. The monoisotopic (exact) mass is 478 g/mol. The van der Waals surface area contributed by atoms with Crippen LogP contribution in [0.5, 0.6) is 0 Å². The van der Waals surface area contributed by atoms with Gasteiger partial charge in [0.1, 0.15) is 0 Å². The number of nitro groups is 1. The molecule has 166 valence electrons. The van der Waals surface area contributed by atoms with Gasteiger partial charge in [0, 0.05) is 10.2 Å². The molecule has 0 radical (unpaired) electrons. The fourth-order valence-electron chi connectivity index (χ4n) is 2.48. The van der Waals surface area contributed by atoms with E-state index in [0.717, 1.165) is 0 Å². The number of benzene rings is 2. The molecule has 0 fully saturated rings. The fraction of sp³-hybridized carbons (Fsp3) is 0.111. The maximum atomic E-state index is 11.5. The van der Waals surface area contributed by atoms with Crippen molar-refractivity contribution in [3.05, 3.63) is 100 Å². The van der Waals surface area contributed by atoms with Gasteiger partial charge in [0.25, 0.3) is 5.56 Å². The van der Waals surface area contributed by atoms with Crippen LogP contribution in [0.3, 0.4) is 0 Å². The van der Waals surface area contributed by atoms with Crippen LogP contribution >= 0.6 is 0 Å². The zero-order valence-corrected chi connectivity index (χ0v) is 20.4. The van der Waals surface area contributed by atoms with Crippen molar-refractivity contribution in [1.82, 2.24) is 19.8 Å². The molecule has 0 bridgehead atoms. The maximum Gasteiger partial charge on any atom is 1.00 e. The van der Waals surface area contributed by atoms with Gasteiger partial charge in [-0.05, 0) is 18.2 Å². The smallest absolute Gasteiger partial charge is 0.870 e. The minimum Gasteiger partial charge on any atom is -0.870 e. The van der Waals surface area contributed by atoms with E-state index >= 15 is 0 Å². The van der Waals surface area contributed by atoms with Crippen molar-refractivity contribution in [3.63, 3.8) is 0 Å². The Balaban J connectivity index is -0.000000477. The minimum atomic E-state index is -0.976. The third-order valence-electron chi connectivity index (χ3n) is 3.76. The molecule has 0 spiro atoms. The van der Waals surface area contributed by atoms with Crippen LogP contribution in [0.25, 0.3) is 21.5 Å². The Bertz CT molecular complexity index is 1460. The first-order valence-electron chi connectivity index (χ1n) is 7.64. The largest absolute Gasteiger partial charge is 1.00 e. The van der Waals surface area contributed by atoms with Crippen molar-refractivity contribution in [3.8, 4) is 0 Å². The van der Waals surface area contributed by atoms with Gasteiger partial charge >= 0.3 is 70.2 Å². The fourth-order valence-corrected chi connectivity index (χ4v) is 2.48. The van der Waals surface area contributed by atoms with E-state index in [1.165, 1.54) is 18.2 Å². The Kier molecular flexibility index (Phi) is 15.5. The van der Waals surface area contributed by atoms with E-state index in [1.54, 1.807) is 30.3 Å². The first-order chi connectivity index (χ1) is 13.3. The molecule has 2 aromatic heterocycles. The zero-order chi connectivity index (χ0) is 20.4. The van der Waals surface area contributed by atoms with E-state index in [1.807, 2.05) is 5.10 Å². The number of H-pyrrole nitrogens is 1. The number of rotatable bonds is 1. The van der Waals surface area contributed by atoms with E-state index in [9.17, 15) is 29.3 Å². The van der Waals surface area contributed by atoms with Gasteiger partial charge < -0.3 is 31.3 Å². The van der Waals surface area contributed by atoms with Crippen LogP contribution in [-0.2, 0) is 0 Å². The second kappa shape index (κ2) is 14.6. The van der Waals surface area contributed by atoms with Crippen molar-refractivity contribution in [2.75, 3.05) is 5.84 Å². The van der Waals surface area contributed by atoms with Gasteiger partial charge in [0.05, 0.1) is 21.2 Å². The van der Waals surface area contributed by atoms with E-state index in [0.29, 0.717) is 15.6 Å². The number of aromatic nitrogens is 4. The molecule has 0 unspecified atom stereocenters. The first-order valence-corrected chi connectivity index (χ1v) is 7.64. The number of fused-ring (bicyclic) bond motifs is 2. The number of aromatic amines is 1. The van der Waals surface area contributed by atoms with Crippen molar-refractivity contribution in [2.45, 2.75) is 14.9 Å². The Morgan fingerprint density at radius 3 is 1.73 bits per heavy atom. The van der Waals surface area contributed by atoms with Gasteiger partial charge in [-0.2, -0.15) is 0 Å². The van der Waals surface area contributed by atoms with Crippen LogP contribution in [0.1, 0.15) is 14.9 Å². The maximum absolute atomic E-state index is 11.5. The van der Waals surface area contributed by atoms with Crippen molar-refractivity contribution < 1.29 is 69.6 Å². The molecule has 4 aromatic rings. The van der Waals surface area contributed by atoms with Gasteiger partial charge in [-0.3, -0.25) is 14.4 Å². The summed E-state index contributed by atoms with van der Waals surface area (Å²) in [4.78, 5) is 56.4. The third-order valence-corrected chi connectivity index (χ3v) is 3.76. The van der Waals surface area contributed by atoms with Gasteiger partial charge in [-0.15, -0.1) is 5.10 Å². The average Bonchev–Trinajstić information content (AvgIpc) is 2.69. The number of nitrogens with one attached hydrogen (secondary N) is 1. The van der Waals surface area contributed by atoms with Gasteiger partial charge in [-0.25, -0.2) is 4.79 Å². The summed E-state index contributed by atoms with van der Waals surface area (Å²) in [5.41, 5.74) is -2.47. The topological polar surface area (TPSA) is 207 Å². The third kappa shape index (κ3) is 7.23. The second-order valence-electron chi connectivity index (χ2n) is 5.44. The summed E-state index contributed by atoms with van der Waals surface area (Å²) >= 11 is 0. The van der Waals surface area contributed by atoms with Crippen molar-refractivity contribution >= 4 is 21.5 Å². The molecule has 13 nitrogen and oxygen atoms in total. The van der Waals surface area contributed by atoms with Crippen LogP contribution in [0.4, 0.5) is 0 Å². The molecule has 2 heterocycles. The van der Waals surface area contributed by atoms with E-state index in [-0.39, 0.29) is 95.0 Å². The summed E-state index contributed by atoms with van der Waals surface area (Å²) in [5.74, 6) is 5.18. The van der Waals surface area contributed by atoms with Crippen LogP contribution in [0, 0.1) is 10.1 Å². The van der Waals surface area contributed by atoms with Crippen molar-refractivity contribution in [2.24, 2.45) is 0 Å². The Morgan fingerprint density at radius 2 is 1.24 bits per heavy atom. The van der Waals surface area contributed by atoms with E-state index in [4.69, 9.17) is 5.84 Å². The molecule has 0 saturated carbocycles. The van der Waals surface area contributed by atoms with E-state index in [2.05, 4.69) is 5.10 Å². The van der Waals surface area contributed by atoms with Crippen LogP contribution in [0.15, 0.2) is 67.7 Å². The number of nitrogen functional groups attached to an aromatic ring is 1.